The highest BCUT2D eigenvalue weighted by molar-refractivity contribution is 6.01. The van der Waals surface area contributed by atoms with Gasteiger partial charge in [0.1, 0.15) is 0 Å². The van der Waals surface area contributed by atoms with Crippen molar-refractivity contribution in [1.82, 2.24) is 0 Å². The van der Waals surface area contributed by atoms with Gasteiger partial charge in [-0.2, -0.15) is 0 Å². The van der Waals surface area contributed by atoms with E-state index in [0.717, 1.165) is 5.56 Å². The number of hydrogen-bond acceptors (Lipinski definition) is 1. The van der Waals surface area contributed by atoms with Crippen LogP contribution in [0.3, 0.4) is 0 Å². The summed E-state index contributed by atoms with van der Waals surface area (Å²) < 4.78 is 0. The van der Waals surface area contributed by atoms with Crippen molar-refractivity contribution in [3.05, 3.63) is 48.6 Å². The topological polar surface area (TPSA) is 17.1 Å². The van der Waals surface area contributed by atoms with Crippen LogP contribution in [0.5, 0.6) is 0 Å². The highest BCUT2D eigenvalue weighted by Gasteiger charge is 2.33. The third kappa shape index (κ3) is 2.17. The van der Waals surface area contributed by atoms with E-state index in [-0.39, 0.29) is 11.7 Å². The Morgan fingerprint density at radius 3 is 2.27 bits per heavy atom. The highest BCUT2D eigenvalue weighted by atomic mass is 16.1. The van der Waals surface area contributed by atoms with Crippen LogP contribution in [0.1, 0.15) is 31.1 Å². The zero-order chi connectivity index (χ0) is 11.5. The Kier molecular flexibility index (Phi) is 3.46. The van der Waals surface area contributed by atoms with Crippen molar-refractivity contribution in [2.75, 3.05) is 0 Å². The lowest BCUT2D eigenvalue weighted by molar-refractivity contribution is 0.0817. The summed E-state index contributed by atoms with van der Waals surface area (Å²) in [6, 6.07) is 9.39. The van der Waals surface area contributed by atoms with Crippen molar-refractivity contribution in [3.63, 3.8) is 0 Å². The average Bonchev–Trinajstić information content (AvgIpc) is 2.28. The molecule has 0 aliphatic heterocycles. The third-order valence-electron chi connectivity index (χ3n) is 3.15. The number of rotatable bonds is 4. The zero-order valence-corrected chi connectivity index (χ0v) is 9.66. The fourth-order valence-corrected chi connectivity index (χ4v) is 1.49. The monoisotopic (exact) mass is 202 g/mol. The molecule has 0 aliphatic rings. The van der Waals surface area contributed by atoms with Crippen LogP contribution >= 0.6 is 0 Å². The summed E-state index contributed by atoms with van der Waals surface area (Å²) in [4.78, 5) is 12.3. The molecule has 0 aliphatic carbocycles. The molecule has 0 aromatic heterocycles. The quantitative estimate of drug-likeness (QED) is 0.537. The molecule has 1 unspecified atom stereocenters. The van der Waals surface area contributed by atoms with E-state index in [9.17, 15) is 4.79 Å². The van der Waals surface area contributed by atoms with Gasteiger partial charge in [0.05, 0.1) is 5.41 Å². The molecule has 1 aromatic carbocycles. The molecule has 0 fully saturated rings. The lowest BCUT2D eigenvalue weighted by Crippen LogP contribution is -2.31. The van der Waals surface area contributed by atoms with Crippen LogP contribution in [0.2, 0.25) is 0 Å². The first-order valence-electron chi connectivity index (χ1n) is 5.26. The van der Waals surface area contributed by atoms with Gasteiger partial charge in [0.25, 0.3) is 0 Å². The first-order chi connectivity index (χ1) is 7.02. The van der Waals surface area contributed by atoms with Crippen LogP contribution < -0.4 is 0 Å². The van der Waals surface area contributed by atoms with Crippen LogP contribution in [-0.2, 0) is 0 Å². The van der Waals surface area contributed by atoms with Crippen molar-refractivity contribution in [2.45, 2.75) is 20.8 Å². The Morgan fingerprint density at radius 2 is 1.87 bits per heavy atom. The van der Waals surface area contributed by atoms with E-state index in [1.165, 1.54) is 0 Å². The lowest BCUT2D eigenvalue weighted by Gasteiger charge is -2.28. The largest absolute Gasteiger partial charge is 0.293 e. The normalized spacial score (nSPS) is 14.7. The van der Waals surface area contributed by atoms with E-state index < -0.39 is 5.41 Å². The van der Waals surface area contributed by atoms with Crippen molar-refractivity contribution in [3.8, 4) is 0 Å². The van der Waals surface area contributed by atoms with Gasteiger partial charge < -0.3 is 0 Å². The standard InChI is InChI=1S/C14H18O/c1-5-14(4,11(2)3)13(15)12-9-7-6-8-10-12/h5-11H,1H2,2-4H3. The van der Waals surface area contributed by atoms with Gasteiger partial charge in [-0.15, -0.1) is 6.58 Å². The van der Waals surface area contributed by atoms with Gasteiger partial charge in [0, 0.05) is 5.56 Å². The smallest absolute Gasteiger partial charge is 0.172 e. The molecular formula is C14H18O. The van der Waals surface area contributed by atoms with Gasteiger partial charge in [-0.1, -0.05) is 50.3 Å². The highest BCUT2D eigenvalue weighted by Crippen LogP contribution is 2.32. The molecule has 1 heteroatoms. The minimum atomic E-state index is -0.471. The van der Waals surface area contributed by atoms with E-state index in [4.69, 9.17) is 0 Å². The maximum atomic E-state index is 12.3. The fourth-order valence-electron chi connectivity index (χ4n) is 1.49. The van der Waals surface area contributed by atoms with Crippen molar-refractivity contribution >= 4 is 5.78 Å². The Bertz CT molecular complexity index is 351. The molecule has 0 radical (unpaired) electrons. The number of benzene rings is 1. The molecule has 0 amide bonds. The second-order valence-electron chi connectivity index (χ2n) is 4.34. The molecule has 1 nitrogen and oxygen atoms in total. The zero-order valence-electron chi connectivity index (χ0n) is 9.66. The Morgan fingerprint density at radius 1 is 1.33 bits per heavy atom. The Balaban J connectivity index is 3.08. The van der Waals surface area contributed by atoms with E-state index in [2.05, 4.69) is 6.58 Å². The van der Waals surface area contributed by atoms with E-state index in [1.54, 1.807) is 6.08 Å². The number of allylic oxidation sites excluding steroid dienone is 1. The first-order valence-corrected chi connectivity index (χ1v) is 5.26. The van der Waals surface area contributed by atoms with Crippen LogP contribution in [0.25, 0.3) is 0 Å². The van der Waals surface area contributed by atoms with Gasteiger partial charge in [0.2, 0.25) is 0 Å². The van der Waals surface area contributed by atoms with Crippen LogP contribution in [0.15, 0.2) is 43.0 Å². The molecule has 15 heavy (non-hydrogen) atoms. The molecule has 0 saturated heterocycles. The van der Waals surface area contributed by atoms with Crippen LogP contribution in [-0.4, -0.2) is 5.78 Å². The number of carbonyl (C=O) groups excluding carboxylic acids is 1. The van der Waals surface area contributed by atoms with Crippen molar-refractivity contribution < 1.29 is 4.79 Å². The maximum Gasteiger partial charge on any atom is 0.172 e. The van der Waals surface area contributed by atoms with Crippen molar-refractivity contribution in [1.29, 1.82) is 0 Å². The molecule has 0 saturated carbocycles. The second kappa shape index (κ2) is 4.43. The lowest BCUT2D eigenvalue weighted by atomic mass is 9.73. The molecule has 80 valence electrons. The summed E-state index contributed by atoms with van der Waals surface area (Å²) in [5.74, 6) is 0.399. The molecule has 1 rings (SSSR count). The molecule has 0 N–H and O–H groups in total. The fraction of sp³-hybridized carbons (Fsp3) is 0.357. The summed E-state index contributed by atoms with van der Waals surface area (Å²) in [5.41, 5.74) is 0.287. The van der Waals surface area contributed by atoms with E-state index >= 15 is 0 Å². The predicted molar refractivity (Wildman–Crippen MR) is 63.9 cm³/mol. The minimum Gasteiger partial charge on any atom is -0.293 e. The Hall–Kier alpha value is -1.37. The van der Waals surface area contributed by atoms with Gasteiger partial charge in [-0.25, -0.2) is 0 Å². The summed E-state index contributed by atoms with van der Waals surface area (Å²) in [7, 11) is 0. The SMILES string of the molecule is C=CC(C)(C(=O)c1ccccc1)C(C)C. The van der Waals surface area contributed by atoms with Gasteiger partial charge >= 0.3 is 0 Å². The minimum absolute atomic E-state index is 0.146. The van der Waals surface area contributed by atoms with E-state index in [1.807, 2.05) is 51.1 Å². The molecule has 1 aromatic rings. The maximum absolute atomic E-state index is 12.3. The molecule has 0 bridgehead atoms. The van der Waals surface area contributed by atoms with Gasteiger partial charge in [-0.3, -0.25) is 4.79 Å². The molecule has 0 heterocycles. The summed E-state index contributed by atoms with van der Waals surface area (Å²) >= 11 is 0. The van der Waals surface area contributed by atoms with Crippen molar-refractivity contribution in [2.24, 2.45) is 11.3 Å². The number of Topliss-reactive ketones (excluding diaryl/α,β-unsaturated/α-hetero) is 1. The third-order valence-corrected chi connectivity index (χ3v) is 3.15. The Labute approximate surface area is 91.8 Å². The summed E-state index contributed by atoms with van der Waals surface area (Å²) in [5, 5.41) is 0. The van der Waals surface area contributed by atoms with E-state index in [0.29, 0.717) is 0 Å². The van der Waals surface area contributed by atoms with Gasteiger partial charge in [0.15, 0.2) is 5.78 Å². The van der Waals surface area contributed by atoms with Gasteiger partial charge in [-0.05, 0) is 12.8 Å². The number of hydrogen-bond donors (Lipinski definition) is 0. The number of carbonyl (C=O) groups is 1. The second-order valence-corrected chi connectivity index (χ2v) is 4.34. The average molecular weight is 202 g/mol. The summed E-state index contributed by atoms with van der Waals surface area (Å²) in [6.07, 6.45) is 1.76. The molecule has 1 atom stereocenters. The van der Waals surface area contributed by atoms with Crippen LogP contribution in [0, 0.1) is 11.3 Å². The molecule has 0 spiro atoms. The number of ketones is 1. The predicted octanol–water partition coefficient (Wildman–Crippen LogP) is 3.72. The summed E-state index contributed by atoms with van der Waals surface area (Å²) in [6.45, 7) is 9.81. The van der Waals surface area contributed by atoms with Crippen LogP contribution in [0.4, 0.5) is 0 Å². The molecular weight excluding hydrogens is 184 g/mol. The first kappa shape index (κ1) is 11.7.